The Morgan fingerprint density at radius 2 is 1.64 bits per heavy atom. The smallest absolute Gasteiger partial charge is 0.270 e. The summed E-state index contributed by atoms with van der Waals surface area (Å²) in [4.78, 5) is 15.4. The number of carbonyl (C=O) groups is 1. The number of nitrogens with zero attached hydrogens (tertiary/aromatic N) is 2. The number of hydrogen-bond acceptors (Lipinski definition) is 3. The van der Waals surface area contributed by atoms with Gasteiger partial charge in [0.15, 0.2) is 4.32 Å². The molecular weight excluding hydrogens is 527 g/mol. The predicted molar refractivity (Wildman–Crippen MR) is 157 cm³/mol. The zero-order valence-electron chi connectivity index (χ0n) is 18.8. The van der Waals surface area contributed by atoms with Gasteiger partial charge < -0.3 is 4.57 Å². The Bertz CT molecular complexity index is 1720. The summed E-state index contributed by atoms with van der Waals surface area (Å²) in [7, 11) is 0. The number of halogens is 2. The summed E-state index contributed by atoms with van der Waals surface area (Å²) in [5, 5.41) is 4.34. The van der Waals surface area contributed by atoms with E-state index in [9.17, 15) is 4.79 Å². The van der Waals surface area contributed by atoms with E-state index in [1.54, 1.807) is 18.2 Å². The maximum atomic E-state index is 13.3. The van der Waals surface area contributed by atoms with Crippen molar-refractivity contribution < 1.29 is 4.79 Å². The highest BCUT2D eigenvalue weighted by atomic mass is 35.5. The van der Waals surface area contributed by atoms with Crippen molar-refractivity contribution in [3.63, 3.8) is 0 Å². The van der Waals surface area contributed by atoms with E-state index < -0.39 is 0 Å². The van der Waals surface area contributed by atoms with E-state index in [1.807, 2.05) is 18.2 Å². The fraction of sp³-hybridized carbons (Fsp3) is 0.0345. The zero-order valence-corrected chi connectivity index (χ0v) is 22.0. The summed E-state index contributed by atoms with van der Waals surface area (Å²) < 4.78 is 2.69. The first-order chi connectivity index (χ1) is 17.5. The van der Waals surface area contributed by atoms with Crippen LogP contribution in [0.4, 0.5) is 5.69 Å². The maximum absolute atomic E-state index is 13.3. The summed E-state index contributed by atoms with van der Waals surface area (Å²) in [6.45, 7) is 0.726. The lowest BCUT2D eigenvalue weighted by Crippen LogP contribution is -2.27. The Labute approximate surface area is 227 Å². The van der Waals surface area contributed by atoms with Crippen LogP contribution in [0.1, 0.15) is 11.1 Å². The van der Waals surface area contributed by atoms with Gasteiger partial charge in [-0.25, -0.2) is 0 Å². The van der Waals surface area contributed by atoms with Crippen molar-refractivity contribution in [1.82, 2.24) is 4.57 Å². The van der Waals surface area contributed by atoms with Crippen LogP contribution < -0.4 is 4.90 Å². The molecule has 1 aliphatic heterocycles. The molecule has 4 aromatic carbocycles. The van der Waals surface area contributed by atoms with Crippen LogP contribution in [0.15, 0.2) is 96.0 Å². The molecular formula is C29H18Cl2N2OS2. The highest BCUT2D eigenvalue weighted by Gasteiger charge is 2.33. The molecule has 0 spiro atoms. The van der Waals surface area contributed by atoms with Gasteiger partial charge in [-0.15, -0.1) is 0 Å². The van der Waals surface area contributed by atoms with Gasteiger partial charge in [-0.2, -0.15) is 0 Å². The summed E-state index contributed by atoms with van der Waals surface area (Å²) in [5.74, 6) is -0.172. The molecule has 6 rings (SSSR count). The minimum absolute atomic E-state index is 0.172. The number of fused-ring (bicyclic) bond motifs is 2. The largest absolute Gasteiger partial charge is 0.342 e. The average Bonchev–Trinajstić information content (AvgIpc) is 3.37. The zero-order chi connectivity index (χ0) is 24.8. The monoisotopic (exact) mass is 544 g/mol. The third-order valence-electron chi connectivity index (χ3n) is 6.23. The van der Waals surface area contributed by atoms with E-state index in [0.29, 0.717) is 25.0 Å². The SMILES string of the molecule is O=C1/C(=C\c2cn(Cc3ccc4ccccc4c3)c3ccccc23)SC(=S)N1c1ccc(Cl)c(Cl)c1. The van der Waals surface area contributed by atoms with Crippen LogP contribution in [-0.4, -0.2) is 14.8 Å². The number of carbonyl (C=O) groups excluding carboxylic acids is 1. The number of aromatic nitrogens is 1. The van der Waals surface area contributed by atoms with Crippen molar-refractivity contribution in [2.24, 2.45) is 0 Å². The number of anilines is 1. The first-order valence-electron chi connectivity index (χ1n) is 11.3. The van der Waals surface area contributed by atoms with Gasteiger partial charge in [0.25, 0.3) is 5.91 Å². The number of hydrogen-bond donors (Lipinski definition) is 0. The molecule has 1 fully saturated rings. The van der Waals surface area contributed by atoms with Crippen LogP contribution in [0, 0.1) is 0 Å². The van der Waals surface area contributed by atoms with E-state index in [0.717, 1.165) is 23.0 Å². The van der Waals surface area contributed by atoms with Crippen LogP contribution in [0.2, 0.25) is 10.0 Å². The lowest BCUT2D eigenvalue weighted by atomic mass is 10.1. The van der Waals surface area contributed by atoms with Crippen molar-refractivity contribution >= 4 is 90.8 Å². The standard InChI is InChI=1S/C29H18Cl2N2OS2/c30-24-12-11-22(15-25(24)31)33-28(34)27(36-29(33)35)14-21-17-32(26-8-4-3-7-23(21)26)16-18-9-10-19-5-1-2-6-20(19)13-18/h1-15,17H,16H2/b27-14+. The van der Waals surface area contributed by atoms with E-state index in [4.69, 9.17) is 35.4 Å². The van der Waals surface area contributed by atoms with E-state index >= 15 is 0 Å². The first kappa shape index (κ1) is 23.3. The number of thiocarbonyl (C=S) groups is 1. The molecule has 7 heteroatoms. The van der Waals surface area contributed by atoms with Crippen molar-refractivity contribution in [3.05, 3.63) is 117 Å². The molecule has 0 aliphatic carbocycles. The fourth-order valence-electron chi connectivity index (χ4n) is 4.51. The molecule has 0 bridgehead atoms. The highest BCUT2D eigenvalue weighted by Crippen LogP contribution is 2.39. The molecule has 36 heavy (non-hydrogen) atoms. The average molecular weight is 546 g/mol. The third kappa shape index (κ3) is 4.22. The van der Waals surface area contributed by atoms with E-state index in [-0.39, 0.29) is 5.91 Å². The van der Waals surface area contributed by atoms with Gasteiger partial charge in [-0.1, -0.05) is 102 Å². The van der Waals surface area contributed by atoms with Gasteiger partial charge in [0.1, 0.15) is 0 Å². The summed E-state index contributed by atoms with van der Waals surface area (Å²) in [6, 6.07) is 28.2. The second-order valence-electron chi connectivity index (χ2n) is 8.53. The lowest BCUT2D eigenvalue weighted by Gasteiger charge is -2.15. The number of para-hydroxylation sites is 1. The molecule has 1 amide bonds. The van der Waals surface area contributed by atoms with Gasteiger partial charge in [0.2, 0.25) is 0 Å². The van der Waals surface area contributed by atoms with E-state index in [1.165, 1.54) is 33.0 Å². The molecule has 3 nitrogen and oxygen atoms in total. The van der Waals surface area contributed by atoms with Gasteiger partial charge in [-0.3, -0.25) is 9.69 Å². The van der Waals surface area contributed by atoms with Gasteiger partial charge in [0.05, 0.1) is 20.6 Å². The van der Waals surface area contributed by atoms with Crippen LogP contribution in [0.5, 0.6) is 0 Å². The number of rotatable bonds is 4. The minimum Gasteiger partial charge on any atom is -0.342 e. The van der Waals surface area contributed by atoms with Crippen LogP contribution in [0.25, 0.3) is 27.8 Å². The van der Waals surface area contributed by atoms with Gasteiger partial charge >= 0.3 is 0 Å². The topological polar surface area (TPSA) is 25.2 Å². The molecule has 0 saturated carbocycles. The lowest BCUT2D eigenvalue weighted by molar-refractivity contribution is -0.113. The van der Waals surface area contributed by atoms with Crippen molar-refractivity contribution in [1.29, 1.82) is 0 Å². The number of thioether (sulfide) groups is 1. The molecule has 0 N–H and O–H groups in total. The number of amides is 1. The van der Waals surface area contributed by atoms with Crippen molar-refractivity contribution in [2.45, 2.75) is 6.54 Å². The van der Waals surface area contributed by atoms with Gasteiger partial charge in [-0.05, 0) is 52.7 Å². The Kier molecular flexibility index (Phi) is 6.10. The van der Waals surface area contributed by atoms with Crippen LogP contribution in [-0.2, 0) is 11.3 Å². The normalized spacial score (nSPS) is 15.1. The quantitative estimate of drug-likeness (QED) is 0.167. The minimum atomic E-state index is -0.172. The molecule has 0 radical (unpaired) electrons. The van der Waals surface area contributed by atoms with Crippen molar-refractivity contribution in [3.8, 4) is 0 Å². The second-order valence-corrected chi connectivity index (χ2v) is 11.0. The first-order valence-corrected chi connectivity index (χ1v) is 13.2. The Morgan fingerprint density at radius 3 is 2.47 bits per heavy atom. The molecule has 1 aliphatic rings. The van der Waals surface area contributed by atoms with Crippen molar-refractivity contribution in [2.75, 3.05) is 4.90 Å². The third-order valence-corrected chi connectivity index (χ3v) is 8.27. The Hall–Kier alpha value is -3.09. The molecule has 1 saturated heterocycles. The number of benzene rings is 4. The molecule has 0 atom stereocenters. The molecule has 5 aromatic rings. The molecule has 176 valence electrons. The highest BCUT2D eigenvalue weighted by molar-refractivity contribution is 8.27. The second kappa shape index (κ2) is 9.41. The maximum Gasteiger partial charge on any atom is 0.270 e. The van der Waals surface area contributed by atoms with Crippen LogP contribution in [0.3, 0.4) is 0 Å². The van der Waals surface area contributed by atoms with E-state index in [2.05, 4.69) is 65.4 Å². The molecule has 2 heterocycles. The van der Waals surface area contributed by atoms with Crippen LogP contribution >= 0.6 is 47.2 Å². The summed E-state index contributed by atoms with van der Waals surface area (Å²) in [5.41, 5.74) is 3.90. The van der Waals surface area contributed by atoms with Gasteiger partial charge in [0, 0.05) is 29.2 Å². The predicted octanol–water partition coefficient (Wildman–Crippen LogP) is 8.56. The Balaban J connectivity index is 1.36. The molecule has 1 aromatic heterocycles. The summed E-state index contributed by atoms with van der Waals surface area (Å²) in [6.07, 6.45) is 4.03. The molecule has 0 unspecified atom stereocenters. The Morgan fingerprint density at radius 1 is 0.861 bits per heavy atom. The fourth-order valence-corrected chi connectivity index (χ4v) is 6.09. The summed E-state index contributed by atoms with van der Waals surface area (Å²) >= 11 is 19.1.